The molecule has 0 spiro atoms. The fraction of sp³-hybridized carbons (Fsp3) is 0.500. The number of nitrogens with one attached hydrogen (secondary N) is 1. The first-order valence-electron chi connectivity index (χ1n) is 6.10. The number of amides is 1. The monoisotopic (exact) mass is 251 g/mol. The summed E-state index contributed by atoms with van der Waals surface area (Å²) < 4.78 is 5.00. The zero-order valence-corrected chi connectivity index (χ0v) is 11.0. The van der Waals surface area contributed by atoms with Crippen LogP contribution >= 0.6 is 0 Å². The number of carbonyl (C=O) groups is 1. The first-order chi connectivity index (χ1) is 8.65. The van der Waals surface area contributed by atoms with E-state index in [1.807, 2.05) is 31.2 Å². The number of aliphatic hydroxyl groups excluding tert-OH is 1. The van der Waals surface area contributed by atoms with Crippen molar-refractivity contribution in [3.63, 3.8) is 0 Å². The third kappa shape index (κ3) is 5.29. The molecule has 100 valence electrons. The van der Waals surface area contributed by atoms with Crippen molar-refractivity contribution in [2.75, 3.05) is 20.3 Å². The largest absolute Gasteiger partial charge is 0.396 e. The second-order valence-corrected chi connectivity index (χ2v) is 4.40. The molecule has 0 saturated heterocycles. The zero-order valence-electron chi connectivity index (χ0n) is 11.0. The minimum Gasteiger partial charge on any atom is -0.396 e. The molecule has 1 aromatic rings. The Labute approximate surface area is 108 Å². The standard InChI is InChI=1S/C14H21NO3/c1-11-4-3-5-12(8-11)9-14(17)15-13(6-7-16)10-18-2/h3-5,8,13,16H,6-7,9-10H2,1-2H3,(H,15,17). The van der Waals surface area contributed by atoms with Gasteiger partial charge in [-0.05, 0) is 18.9 Å². The van der Waals surface area contributed by atoms with Crippen LogP contribution in [0.25, 0.3) is 0 Å². The molecule has 18 heavy (non-hydrogen) atoms. The average molecular weight is 251 g/mol. The van der Waals surface area contributed by atoms with Gasteiger partial charge >= 0.3 is 0 Å². The molecule has 0 aromatic heterocycles. The van der Waals surface area contributed by atoms with Gasteiger partial charge in [0.05, 0.1) is 19.1 Å². The maximum Gasteiger partial charge on any atom is 0.224 e. The Bertz CT molecular complexity index is 373. The van der Waals surface area contributed by atoms with Gasteiger partial charge in [0.15, 0.2) is 0 Å². The molecular weight excluding hydrogens is 230 g/mol. The highest BCUT2D eigenvalue weighted by Crippen LogP contribution is 2.05. The summed E-state index contributed by atoms with van der Waals surface area (Å²) in [6, 6.07) is 7.75. The molecule has 4 nitrogen and oxygen atoms in total. The van der Waals surface area contributed by atoms with Gasteiger partial charge < -0.3 is 15.2 Å². The SMILES string of the molecule is COCC(CCO)NC(=O)Cc1cccc(C)c1. The quantitative estimate of drug-likeness (QED) is 0.761. The van der Waals surface area contributed by atoms with Crippen molar-refractivity contribution in [3.05, 3.63) is 35.4 Å². The summed E-state index contributed by atoms with van der Waals surface area (Å²) in [5.74, 6) is -0.0453. The Hall–Kier alpha value is -1.39. The summed E-state index contributed by atoms with van der Waals surface area (Å²) in [7, 11) is 1.58. The van der Waals surface area contributed by atoms with E-state index in [-0.39, 0.29) is 18.6 Å². The molecule has 0 aliphatic carbocycles. The molecule has 0 bridgehead atoms. The van der Waals surface area contributed by atoms with Crippen LogP contribution in [0, 0.1) is 6.92 Å². The third-order valence-corrected chi connectivity index (χ3v) is 2.66. The third-order valence-electron chi connectivity index (χ3n) is 2.66. The summed E-state index contributed by atoms with van der Waals surface area (Å²) >= 11 is 0. The van der Waals surface area contributed by atoms with Crippen molar-refractivity contribution in [1.29, 1.82) is 0 Å². The van der Waals surface area contributed by atoms with E-state index in [1.165, 1.54) is 0 Å². The second-order valence-electron chi connectivity index (χ2n) is 4.40. The molecule has 0 radical (unpaired) electrons. The van der Waals surface area contributed by atoms with Crippen LogP contribution in [0.1, 0.15) is 17.5 Å². The van der Waals surface area contributed by atoms with Crippen LogP contribution in [0.3, 0.4) is 0 Å². The number of benzene rings is 1. The average Bonchev–Trinajstić information content (AvgIpc) is 2.29. The number of carbonyl (C=O) groups excluding carboxylic acids is 1. The number of aryl methyl sites for hydroxylation is 1. The molecule has 1 atom stereocenters. The van der Waals surface area contributed by atoms with Crippen LogP contribution in [-0.2, 0) is 16.0 Å². The van der Waals surface area contributed by atoms with Crippen molar-refractivity contribution >= 4 is 5.91 Å². The van der Waals surface area contributed by atoms with Crippen molar-refractivity contribution in [2.45, 2.75) is 25.8 Å². The lowest BCUT2D eigenvalue weighted by Crippen LogP contribution is -2.39. The van der Waals surface area contributed by atoms with Gasteiger partial charge in [0.1, 0.15) is 0 Å². The molecular formula is C14H21NO3. The molecule has 1 aromatic carbocycles. The van der Waals surface area contributed by atoms with Crippen LogP contribution in [0.2, 0.25) is 0 Å². The van der Waals surface area contributed by atoms with Gasteiger partial charge in [-0.25, -0.2) is 0 Å². The molecule has 1 amide bonds. The normalized spacial score (nSPS) is 12.2. The molecule has 0 saturated carbocycles. The van der Waals surface area contributed by atoms with Gasteiger partial charge in [-0.1, -0.05) is 29.8 Å². The zero-order chi connectivity index (χ0) is 13.4. The fourth-order valence-electron chi connectivity index (χ4n) is 1.84. The smallest absolute Gasteiger partial charge is 0.224 e. The summed E-state index contributed by atoms with van der Waals surface area (Å²) in [4.78, 5) is 11.8. The number of aliphatic hydroxyl groups is 1. The van der Waals surface area contributed by atoms with Gasteiger partial charge in [-0.3, -0.25) is 4.79 Å². The molecule has 1 unspecified atom stereocenters. The van der Waals surface area contributed by atoms with E-state index in [1.54, 1.807) is 7.11 Å². The van der Waals surface area contributed by atoms with Gasteiger partial charge in [0.2, 0.25) is 5.91 Å². The first-order valence-corrected chi connectivity index (χ1v) is 6.10. The lowest BCUT2D eigenvalue weighted by atomic mass is 10.1. The van der Waals surface area contributed by atoms with Crippen molar-refractivity contribution in [3.8, 4) is 0 Å². The molecule has 0 heterocycles. The first kappa shape index (κ1) is 14.7. The molecule has 2 N–H and O–H groups in total. The highest BCUT2D eigenvalue weighted by molar-refractivity contribution is 5.78. The lowest BCUT2D eigenvalue weighted by Gasteiger charge is -2.16. The second kappa shape index (κ2) is 7.84. The summed E-state index contributed by atoms with van der Waals surface area (Å²) in [5.41, 5.74) is 2.14. The Morgan fingerprint density at radius 1 is 1.50 bits per heavy atom. The molecule has 1 rings (SSSR count). The molecule has 4 heteroatoms. The molecule has 0 aliphatic rings. The number of ether oxygens (including phenoxy) is 1. The number of hydrogen-bond donors (Lipinski definition) is 2. The minimum atomic E-state index is -0.127. The highest BCUT2D eigenvalue weighted by Gasteiger charge is 2.11. The topological polar surface area (TPSA) is 58.6 Å². The van der Waals surface area contributed by atoms with Crippen LogP contribution in [0.4, 0.5) is 0 Å². The highest BCUT2D eigenvalue weighted by atomic mass is 16.5. The van der Waals surface area contributed by atoms with Crippen LogP contribution < -0.4 is 5.32 Å². The van der Waals surface area contributed by atoms with Crippen molar-refractivity contribution in [1.82, 2.24) is 5.32 Å². The summed E-state index contributed by atoms with van der Waals surface area (Å²) in [6.07, 6.45) is 0.862. The van der Waals surface area contributed by atoms with Crippen molar-refractivity contribution < 1.29 is 14.6 Å². The van der Waals surface area contributed by atoms with E-state index < -0.39 is 0 Å². The van der Waals surface area contributed by atoms with E-state index in [0.717, 1.165) is 11.1 Å². The van der Waals surface area contributed by atoms with Gasteiger partial charge in [0, 0.05) is 13.7 Å². The van der Waals surface area contributed by atoms with Gasteiger partial charge in [-0.15, -0.1) is 0 Å². The Kier molecular flexibility index (Phi) is 6.39. The summed E-state index contributed by atoms with van der Waals surface area (Å²) in [6.45, 7) is 2.46. The van der Waals surface area contributed by atoms with E-state index in [4.69, 9.17) is 9.84 Å². The number of rotatable bonds is 7. The maximum absolute atomic E-state index is 11.8. The lowest BCUT2D eigenvalue weighted by molar-refractivity contribution is -0.121. The molecule has 0 aliphatic heterocycles. The fourth-order valence-corrected chi connectivity index (χ4v) is 1.84. The maximum atomic E-state index is 11.8. The van der Waals surface area contributed by atoms with Gasteiger partial charge in [-0.2, -0.15) is 0 Å². The van der Waals surface area contributed by atoms with Gasteiger partial charge in [0.25, 0.3) is 0 Å². The number of hydrogen-bond acceptors (Lipinski definition) is 3. The summed E-state index contributed by atoms with van der Waals surface area (Å²) in [5, 5.41) is 11.8. The van der Waals surface area contributed by atoms with E-state index >= 15 is 0 Å². The van der Waals surface area contributed by atoms with Crippen LogP contribution in [0.15, 0.2) is 24.3 Å². The van der Waals surface area contributed by atoms with E-state index in [2.05, 4.69) is 5.32 Å². The van der Waals surface area contributed by atoms with E-state index in [9.17, 15) is 4.79 Å². The van der Waals surface area contributed by atoms with Crippen molar-refractivity contribution in [2.24, 2.45) is 0 Å². The number of methoxy groups -OCH3 is 1. The van der Waals surface area contributed by atoms with E-state index in [0.29, 0.717) is 19.4 Å². The molecule has 0 fully saturated rings. The Morgan fingerprint density at radius 3 is 2.89 bits per heavy atom. The predicted molar refractivity (Wildman–Crippen MR) is 70.4 cm³/mol. The Balaban J connectivity index is 2.49. The Morgan fingerprint density at radius 2 is 2.28 bits per heavy atom. The predicted octanol–water partition coefficient (Wildman–Crippen LogP) is 1.05. The minimum absolute atomic E-state index is 0.0404. The van der Waals surface area contributed by atoms with Crippen LogP contribution in [-0.4, -0.2) is 37.4 Å². The van der Waals surface area contributed by atoms with Crippen LogP contribution in [0.5, 0.6) is 0 Å².